The molecule has 1 aliphatic rings. The highest BCUT2D eigenvalue weighted by molar-refractivity contribution is 5.81. The summed E-state index contributed by atoms with van der Waals surface area (Å²) in [6.07, 6.45) is -1.17. The number of carbonyl (C=O) groups excluding carboxylic acids is 1. The molecule has 1 rings (SSSR count). The number of aliphatic hydroxyl groups excluding tert-OH is 3. The normalized spacial score (nSPS) is 24.9. The third-order valence-corrected chi connectivity index (χ3v) is 2.35. The van der Waals surface area contributed by atoms with E-state index in [4.69, 9.17) is 14.9 Å². The molecule has 3 unspecified atom stereocenters. The van der Waals surface area contributed by atoms with Gasteiger partial charge in [0.25, 0.3) is 5.91 Å². The van der Waals surface area contributed by atoms with Crippen LogP contribution in [-0.2, 0) is 9.53 Å². The van der Waals surface area contributed by atoms with Crippen LogP contribution in [-0.4, -0.2) is 59.3 Å². The first kappa shape index (κ1) is 12.4. The number of hydrogen-bond acceptors (Lipinski definition) is 5. The molecule has 1 amide bonds. The first-order valence-corrected chi connectivity index (χ1v) is 5.01. The zero-order valence-corrected chi connectivity index (χ0v) is 8.43. The molecule has 0 aliphatic carbocycles. The summed E-state index contributed by atoms with van der Waals surface area (Å²) in [5, 5.41) is 29.2. The summed E-state index contributed by atoms with van der Waals surface area (Å²) in [4.78, 5) is 11.2. The summed E-state index contributed by atoms with van der Waals surface area (Å²) < 4.78 is 5.26. The number of nitrogens with one attached hydrogen (secondary N) is 1. The first-order valence-electron chi connectivity index (χ1n) is 5.01. The Bertz CT molecular complexity index is 205. The van der Waals surface area contributed by atoms with Crippen LogP contribution in [0.25, 0.3) is 0 Å². The van der Waals surface area contributed by atoms with Gasteiger partial charge >= 0.3 is 0 Å². The lowest BCUT2D eigenvalue weighted by molar-refractivity contribution is -0.137. The van der Waals surface area contributed by atoms with E-state index in [1.807, 2.05) is 0 Å². The van der Waals surface area contributed by atoms with Crippen molar-refractivity contribution in [3.63, 3.8) is 0 Å². The predicted molar refractivity (Wildman–Crippen MR) is 51.1 cm³/mol. The molecule has 88 valence electrons. The van der Waals surface area contributed by atoms with Gasteiger partial charge < -0.3 is 25.4 Å². The van der Waals surface area contributed by atoms with Crippen molar-refractivity contribution in [3.05, 3.63) is 0 Å². The fraction of sp³-hybridized carbons (Fsp3) is 0.889. The highest BCUT2D eigenvalue weighted by Crippen LogP contribution is 2.10. The fourth-order valence-corrected chi connectivity index (χ4v) is 1.40. The third-order valence-electron chi connectivity index (χ3n) is 2.35. The SMILES string of the molecule is O=C(NCC1CCCO1)C(O)C(O)CO. The molecule has 0 radical (unpaired) electrons. The van der Waals surface area contributed by atoms with Gasteiger partial charge in [-0.25, -0.2) is 0 Å². The van der Waals surface area contributed by atoms with Crippen LogP contribution >= 0.6 is 0 Å². The largest absolute Gasteiger partial charge is 0.394 e. The van der Waals surface area contributed by atoms with E-state index < -0.39 is 24.7 Å². The van der Waals surface area contributed by atoms with E-state index in [0.29, 0.717) is 13.2 Å². The number of ether oxygens (including phenoxy) is 1. The van der Waals surface area contributed by atoms with Crippen LogP contribution in [0.1, 0.15) is 12.8 Å². The monoisotopic (exact) mass is 219 g/mol. The average Bonchev–Trinajstić information content (AvgIpc) is 2.76. The summed E-state index contributed by atoms with van der Waals surface area (Å²) >= 11 is 0. The maximum Gasteiger partial charge on any atom is 0.251 e. The van der Waals surface area contributed by atoms with E-state index in [2.05, 4.69) is 5.32 Å². The fourth-order valence-electron chi connectivity index (χ4n) is 1.40. The molecule has 1 saturated heterocycles. The minimum absolute atomic E-state index is 0.00702. The molecule has 4 N–H and O–H groups in total. The lowest BCUT2D eigenvalue weighted by Gasteiger charge is -2.16. The summed E-state index contributed by atoms with van der Waals surface area (Å²) in [6.45, 7) is 0.380. The molecule has 0 aromatic heterocycles. The standard InChI is InChI=1S/C9H17NO5/c11-5-7(12)8(13)9(14)10-4-6-2-1-3-15-6/h6-8,11-13H,1-5H2,(H,10,14). The van der Waals surface area contributed by atoms with Crippen molar-refractivity contribution in [2.75, 3.05) is 19.8 Å². The molecule has 6 heteroatoms. The van der Waals surface area contributed by atoms with Crippen molar-refractivity contribution in [1.29, 1.82) is 0 Å². The van der Waals surface area contributed by atoms with Gasteiger partial charge in [-0.05, 0) is 12.8 Å². The Morgan fingerprint density at radius 1 is 1.53 bits per heavy atom. The van der Waals surface area contributed by atoms with Gasteiger partial charge in [0.1, 0.15) is 6.10 Å². The van der Waals surface area contributed by atoms with Gasteiger partial charge in [0.15, 0.2) is 6.10 Å². The molecular formula is C9H17NO5. The van der Waals surface area contributed by atoms with E-state index in [9.17, 15) is 9.90 Å². The smallest absolute Gasteiger partial charge is 0.251 e. The van der Waals surface area contributed by atoms with Crippen LogP contribution in [0.15, 0.2) is 0 Å². The van der Waals surface area contributed by atoms with E-state index in [0.717, 1.165) is 12.8 Å². The predicted octanol–water partition coefficient (Wildman–Crippen LogP) is -2.00. The Labute approximate surface area is 87.9 Å². The van der Waals surface area contributed by atoms with E-state index in [1.165, 1.54) is 0 Å². The van der Waals surface area contributed by atoms with Crippen molar-refractivity contribution in [1.82, 2.24) is 5.32 Å². The van der Waals surface area contributed by atoms with Crippen LogP contribution in [0.4, 0.5) is 0 Å². The van der Waals surface area contributed by atoms with Crippen molar-refractivity contribution in [2.24, 2.45) is 0 Å². The zero-order valence-electron chi connectivity index (χ0n) is 8.43. The van der Waals surface area contributed by atoms with Crippen LogP contribution in [0.3, 0.4) is 0 Å². The summed E-state index contributed by atoms with van der Waals surface area (Å²) in [6, 6.07) is 0. The molecular weight excluding hydrogens is 202 g/mol. The Morgan fingerprint density at radius 3 is 2.80 bits per heavy atom. The number of rotatable bonds is 5. The molecule has 15 heavy (non-hydrogen) atoms. The Balaban J connectivity index is 2.22. The number of aliphatic hydroxyl groups is 3. The number of hydrogen-bond donors (Lipinski definition) is 4. The van der Waals surface area contributed by atoms with Crippen molar-refractivity contribution < 1.29 is 24.9 Å². The van der Waals surface area contributed by atoms with E-state index in [1.54, 1.807) is 0 Å². The van der Waals surface area contributed by atoms with Crippen molar-refractivity contribution in [3.8, 4) is 0 Å². The Morgan fingerprint density at radius 2 is 2.27 bits per heavy atom. The second-order valence-corrected chi connectivity index (χ2v) is 3.57. The van der Waals surface area contributed by atoms with Crippen LogP contribution in [0.5, 0.6) is 0 Å². The number of carbonyl (C=O) groups is 1. The van der Waals surface area contributed by atoms with Gasteiger partial charge in [-0.1, -0.05) is 0 Å². The quantitative estimate of drug-likeness (QED) is 0.428. The topological polar surface area (TPSA) is 99.0 Å². The average molecular weight is 219 g/mol. The molecule has 1 aliphatic heterocycles. The molecule has 0 aromatic rings. The maximum atomic E-state index is 11.2. The highest BCUT2D eigenvalue weighted by Gasteiger charge is 2.24. The van der Waals surface area contributed by atoms with Crippen LogP contribution in [0, 0.1) is 0 Å². The third kappa shape index (κ3) is 3.75. The van der Waals surface area contributed by atoms with Gasteiger partial charge in [-0.2, -0.15) is 0 Å². The minimum atomic E-state index is -1.59. The zero-order chi connectivity index (χ0) is 11.3. The highest BCUT2D eigenvalue weighted by atomic mass is 16.5. The van der Waals surface area contributed by atoms with Crippen molar-refractivity contribution >= 4 is 5.91 Å². The van der Waals surface area contributed by atoms with Gasteiger partial charge in [0, 0.05) is 13.2 Å². The Hall–Kier alpha value is -0.690. The van der Waals surface area contributed by atoms with E-state index in [-0.39, 0.29) is 6.10 Å². The van der Waals surface area contributed by atoms with Crippen LogP contribution in [0.2, 0.25) is 0 Å². The van der Waals surface area contributed by atoms with Gasteiger partial charge in [-0.15, -0.1) is 0 Å². The first-order chi connectivity index (χ1) is 7.15. The van der Waals surface area contributed by atoms with Gasteiger partial charge in [0.2, 0.25) is 0 Å². The summed E-state index contributed by atoms with van der Waals surface area (Å²) in [7, 11) is 0. The van der Waals surface area contributed by atoms with Crippen molar-refractivity contribution in [2.45, 2.75) is 31.2 Å². The molecule has 0 saturated carbocycles. The molecule has 1 fully saturated rings. The Kier molecular flexibility index (Phi) is 4.97. The van der Waals surface area contributed by atoms with Gasteiger partial charge in [-0.3, -0.25) is 4.79 Å². The van der Waals surface area contributed by atoms with Crippen LogP contribution < -0.4 is 5.32 Å². The summed E-state index contributed by atoms with van der Waals surface area (Å²) in [5.74, 6) is -0.688. The second-order valence-electron chi connectivity index (χ2n) is 3.57. The summed E-state index contributed by atoms with van der Waals surface area (Å²) in [5.41, 5.74) is 0. The molecule has 6 nitrogen and oxygen atoms in total. The number of amides is 1. The second kappa shape index (κ2) is 6.02. The molecule has 0 spiro atoms. The molecule has 3 atom stereocenters. The maximum absolute atomic E-state index is 11.2. The lowest BCUT2D eigenvalue weighted by Crippen LogP contribution is -2.45. The molecule has 0 bridgehead atoms. The van der Waals surface area contributed by atoms with E-state index >= 15 is 0 Å². The molecule has 1 heterocycles. The lowest BCUT2D eigenvalue weighted by atomic mass is 10.2. The van der Waals surface area contributed by atoms with Gasteiger partial charge in [0.05, 0.1) is 12.7 Å². The molecule has 0 aromatic carbocycles. The minimum Gasteiger partial charge on any atom is -0.394 e.